The molecule has 0 saturated heterocycles. The van der Waals surface area contributed by atoms with Crippen molar-refractivity contribution in [1.82, 2.24) is 10.2 Å². The van der Waals surface area contributed by atoms with Crippen LogP contribution < -0.4 is 9.62 Å². The van der Waals surface area contributed by atoms with Gasteiger partial charge >= 0.3 is 0 Å². The van der Waals surface area contributed by atoms with E-state index in [4.69, 9.17) is 0 Å². The van der Waals surface area contributed by atoms with Gasteiger partial charge in [-0.3, -0.25) is 24.0 Å². The zero-order valence-electron chi connectivity index (χ0n) is 20.6. The van der Waals surface area contributed by atoms with Crippen LogP contribution in [0.5, 0.6) is 0 Å². The van der Waals surface area contributed by atoms with Crippen molar-refractivity contribution in [2.45, 2.75) is 46.7 Å². The van der Waals surface area contributed by atoms with Gasteiger partial charge < -0.3 is 10.2 Å². The van der Waals surface area contributed by atoms with Crippen molar-refractivity contribution in [2.24, 2.45) is 0 Å². The van der Waals surface area contributed by atoms with Crippen LogP contribution in [0.15, 0.2) is 42.5 Å². The number of aryl methyl sites for hydroxylation is 2. The summed E-state index contributed by atoms with van der Waals surface area (Å²) < 4.78 is 26.2. The lowest BCUT2D eigenvalue weighted by atomic mass is 10.1. The first kappa shape index (κ1) is 27.8. The third-order valence-electron chi connectivity index (χ3n) is 5.50. The number of hydrogen-bond acceptors (Lipinski definition) is 6. The number of hydrogen-bond donors (Lipinski definition) is 1. The zero-order chi connectivity index (χ0) is 26.3. The average Bonchev–Trinajstić information content (AvgIpc) is 2.78. The third-order valence-corrected chi connectivity index (χ3v) is 6.63. The van der Waals surface area contributed by atoms with Crippen LogP contribution in [0.1, 0.15) is 37.0 Å². The minimum atomic E-state index is -3.99. The van der Waals surface area contributed by atoms with E-state index < -0.39 is 33.4 Å². The number of rotatable bonds is 11. The number of sulfonamides is 1. The Morgan fingerprint density at radius 3 is 2.40 bits per heavy atom. The van der Waals surface area contributed by atoms with Crippen molar-refractivity contribution < 1.29 is 22.9 Å². The average molecular weight is 505 g/mol. The van der Waals surface area contributed by atoms with Gasteiger partial charge in [0.1, 0.15) is 12.6 Å². The topological polar surface area (TPSA) is 130 Å². The van der Waals surface area contributed by atoms with Gasteiger partial charge in [-0.05, 0) is 38.3 Å². The van der Waals surface area contributed by atoms with Crippen LogP contribution in [0.3, 0.4) is 0 Å². The van der Waals surface area contributed by atoms with E-state index in [9.17, 15) is 28.1 Å². The second-order valence-corrected chi connectivity index (χ2v) is 10.4. The molecule has 0 heterocycles. The van der Waals surface area contributed by atoms with Gasteiger partial charge in [0.25, 0.3) is 5.69 Å². The summed E-state index contributed by atoms with van der Waals surface area (Å²) in [7, 11) is -3.99. The molecule has 35 heavy (non-hydrogen) atoms. The molecule has 0 aromatic heterocycles. The number of amides is 2. The molecule has 2 aromatic carbocycles. The van der Waals surface area contributed by atoms with Crippen LogP contribution in [0, 0.1) is 24.0 Å². The van der Waals surface area contributed by atoms with E-state index in [1.807, 2.05) is 38.1 Å². The molecule has 2 amide bonds. The standard InChI is InChI=1S/C24H32N4O6S/c1-6-12-25-24(30)19(4)26(15-20-9-7-8-17(2)13-20)23(29)16-27(35(5,33)34)22-14-21(28(31)32)11-10-18(22)3/h7-11,13-14,19H,6,12,15-16H2,1-5H3,(H,25,30). The zero-order valence-corrected chi connectivity index (χ0v) is 21.5. The van der Waals surface area contributed by atoms with E-state index in [1.165, 1.54) is 17.0 Å². The molecule has 0 spiro atoms. The van der Waals surface area contributed by atoms with Crippen LogP contribution in [0.2, 0.25) is 0 Å². The lowest BCUT2D eigenvalue weighted by molar-refractivity contribution is -0.384. The number of carbonyl (C=O) groups is 2. The molecular weight excluding hydrogens is 472 g/mol. The molecule has 10 nitrogen and oxygen atoms in total. The molecule has 1 atom stereocenters. The molecule has 1 N–H and O–H groups in total. The maximum absolute atomic E-state index is 13.5. The molecule has 0 saturated carbocycles. The molecule has 0 bridgehead atoms. The van der Waals surface area contributed by atoms with Crippen molar-refractivity contribution in [3.05, 3.63) is 69.3 Å². The van der Waals surface area contributed by atoms with Crippen LogP contribution >= 0.6 is 0 Å². The number of nitrogens with one attached hydrogen (secondary N) is 1. The van der Waals surface area contributed by atoms with Crippen LogP contribution in [-0.4, -0.2) is 55.4 Å². The summed E-state index contributed by atoms with van der Waals surface area (Å²) in [6, 6.07) is 10.4. The van der Waals surface area contributed by atoms with Gasteiger partial charge in [-0.1, -0.05) is 42.8 Å². The number of nitrogens with zero attached hydrogens (tertiary/aromatic N) is 3. The Hall–Kier alpha value is -3.47. The largest absolute Gasteiger partial charge is 0.354 e. The van der Waals surface area contributed by atoms with E-state index in [2.05, 4.69) is 5.32 Å². The van der Waals surface area contributed by atoms with Crippen LogP contribution in [-0.2, 0) is 26.2 Å². The molecule has 0 aliphatic carbocycles. The van der Waals surface area contributed by atoms with Gasteiger partial charge in [-0.25, -0.2) is 8.42 Å². The summed E-state index contributed by atoms with van der Waals surface area (Å²) in [6.07, 6.45) is 1.65. The van der Waals surface area contributed by atoms with Crippen LogP contribution in [0.25, 0.3) is 0 Å². The van der Waals surface area contributed by atoms with Gasteiger partial charge in [0.2, 0.25) is 21.8 Å². The maximum atomic E-state index is 13.5. The van der Waals surface area contributed by atoms with Crippen molar-refractivity contribution in [3.63, 3.8) is 0 Å². The Morgan fingerprint density at radius 1 is 1.14 bits per heavy atom. The second-order valence-electron chi connectivity index (χ2n) is 8.48. The lowest BCUT2D eigenvalue weighted by Gasteiger charge is -2.32. The van der Waals surface area contributed by atoms with Crippen molar-refractivity contribution in [3.8, 4) is 0 Å². The predicted octanol–water partition coefficient (Wildman–Crippen LogP) is 2.92. The molecule has 0 radical (unpaired) electrons. The highest BCUT2D eigenvalue weighted by molar-refractivity contribution is 7.92. The molecule has 11 heteroatoms. The van der Waals surface area contributed by atoms with Crippen molar-refractivity contribution in [1.29, 1.82) is 0 Å². The highest BCUT2D eigenvalue weighted by Crippen LogP contribution is 2.28. The Bertz CT molecular complexity index is 1200. The van der Waals surface area contributed by atoms with Gasteiger partial charge in [0.05, 0.1) is 16.9 Å². The Kier molecular flexibility index (Phi) is 9.35. The molecule has 1 unspecified atom stereocenters. The van der Waals surface area contributed by atoms with Crippen LogP contribution in [0.4, 0.5) is 11.4 Å². The van der Waals surface area contributed by atoms with Crippen molar-refractivity contribution >= 4 is 33.2 Å². The number of anilines is 1. The molecule has 0 aliphatic heterocycles. The highest BCUT2D eigenvalue weighted by atomic mass is 32.2. The summed E-state index contributed by atoms with van der Waals surface area (Å²) in [5.74, 6) is -0.965. The smallest absolute Gasteiger partial charge is 0.271 e. The van der Waals surface area contributed by atoms with E-state index in [1.54, 1.807) is 13.8 Å². The van der Waals surface area contributed by atoms with Gasteiger partial charge in [0, 0.05) is 25.2 Å². The van der Waals surface area contributed by atoms with Crippen molar-refractivity contribution in [2.75, 3.05) is 23.7 Å². The van der Waals surface area contributed by atoms with Gasteiger partial charge in [-0.15, -0.1) is 0 Å². The normalized spacial score (nSPS) is 12.0. The number of carbonyl (C=O) groups excluding carboxylic acids is 2. The molecule has 0 aliphatic rings. The highest BCUT2D eigenvalue weighted by Gasteiger charge is 2.31. The van der Waals surface area contributed by atoms with E-state index in [0.29, 0.717) is 12.1 Å². The Labute approximate surface area is 206 Å². The molecule has 0 fully saturated rings. The monoisotopic (exact) mass is 504 g/mol. The molecular formula is C24H32N4O6S. The number of nitro groups is 1. The quantitative estimate of drug-likeness (QED) is 0.370. The van der Waals surface area contributed by atoms with E-state index >= 15 is 0 Å². The fraction of sp³-hybridized carbons (Fsp3) is 0.417. The predicted molar refractivity (Wildman–Crippen MR) is 135 cm³/mol. The molecule has 190 valence electrons. The summed E-state index contributed by atoms with van der Waals surface area (Å²) in [5.41, 5.74) is 1.95. The maximum Gasteiger partial charge on any atom is 0.271 e. The summed E-state index contributed by atoms with van der Waals surface area (Å²) >= 11 is 0. The number of nitro benzene ring substituents is 1. The molecule has 2 aromatic rings. The third kappa shape index (κ3) is 7.51. The van der Waals surface area contributed by atoms with E-state index in [0.717, 1.165) is 34.2 Å². The summed E-state index contributed by atoms with van der Waals surface area (Å²) in [4.78, 5) is 38.2. The minimum absolute atomic E-state index is 0.0358. The number of benzene rings is 2. The lowest BCUT2D eigenvalue weighted by Crippen LogP contribution is -2.51. The SMILES string of the molecule is CCCNC(=O)C(C)N(Cc1cccc(C)c1)C(=O)CN(c1cc([N+](=O)[O-])ccc1C)S(C)(=O)=O. The Morgan fingerprint density at radius 2 is 1.83 bits per heavy atom. The Balaban J connectivity index is 2.47. The molecule has 2 rings (SSSR count). The minimum Gasteiger partial charge on any atom is -0.354 e. The summed E-state index contributed by atoms with van der Waals surface area (Å²) in [6.45, 7) is 6.92. The fourth-order valence-electron chi connectivity index (χ4n) is 3.56. The summed E-state index contributed by atoms with van der Waals surface area (Å²) in [5, 5.41) is 14.0. The van der Waals surface area contributed by atoms with E-state index in [-0.39, 0.29) is 23.8 Å². The number of non-ortho nitro benzene ring substituents is 1. The first-order valence-electron chi connectivity index (χ1n) is 11.2. The first-order valence-corrected chi connectivity index (χ1v) is 13.1. The second kappa shape index (κ2) is 11.8. The first-order chi connectivity index (χ1) is 16.3. The fourth-order valence-corrected chi connectivity index (χ4v) is 4.46. The van der Waals surface area contributed by atoms with Gasteiger partial charge in [-0.2, -0.15) is 0 Å². The van der Waals surface area contributed by atoms with Gasteiger partial charge in [0.15, 0.2) is 0 Å².